The van der Waals surface area contributed by atoms with E-state index in [9.17, 15) is 4.79 Å². The molecule has 4 nitrogen and oxygen atoms in total. The van der Waals surface area contributed by atoms with Crippen LogP contribution in [0, 0.1) is 11.8 Å². The minimum absolute atomic E-state index is 0.179. The van der Waals surface area contributed by atoms with Crippen LogP contribution in [0.4, 0.5) is 0 Å². The van der Waals surface area contributed by atoms with Gasteiger partial charge in [0.25, 0.3) is 0 Å². The summed E-state index contributed by atoms with van der Waals surface area (Å²) in [6.45, 7) is 3.94. The number of carbonyl (C=O) groups is 1. The lowest BCUT2D eigenvalue weighted by Crippen LogP contribution is -2.44. The van der Waals surface area contributed by atoms with Gasteiger partial charge in [0.05, 0.1) is 13.0 Å². The molecule has 1 aliphatic carbocycles. The number of rotatable bonds is 7. The summed E-state index contributed by atoms with van der Waals surface area (Å²) in [4.78, 5) is 14.7. The predicted octanol–water partition coefficient (Wildman–Crippen LogP) is 2.48. The standard InChI is InChI=1S/C19H28N2O2/c1-23-18-8-6-15(7-9-18)10-12-21-11-2-3-17(14-21)19(22)20-13-16-4-5-16/h6-9,16-17H,2-5,10-14H2,1H3,(H,20,22). The van der Waals surface area contributed by atoms with E-state index in [0.29, 0.717) is 0 Å². The number of ether oxygens (including phenoxy) is 1. The Bertz CT molecular complexity index is 511. The first-order valence-electron chi connectivity index (χ1n) is 8.87. The van der Waals surface area contributed by atoms with Crippen LogP contribution in [0.5, 0.6) is 5.75 Å². The summed E-state index contributed by atoms with van der Waals surface area (Å²) in [5.41, 5.74) is 1.33. The Labute approximate surface area is 139 Å². The predicted molar refractivity (Wildman–Crippen MR) is 91.6 cm³/mol. The number of piperidine rings is 1. The van der Waals surface area contributed by atoms with Gasteiger partial charge in [-0.25, -0.2) is 0 Å². The van der Waals surface area contributed by atoms with Crippen LogP contribution in [0.2, 0.25) is 0 Å². The first kappa shape index (κ1) is 16.3. The minimum atomic E-state index is 0.179. The molecule has 2 aliphatic rings. The Morgan fingerprint density at radius 1 is 1.26 bits per heavy atom. The van der Waals surface area contributed by atoms with Gasteiger partial charge in [0.15, 0.2) is 0 Å². The molecule has 1 saturated carbocycles. The summed E-state index contributed by atoms with van der Waals surface area (Å²) in [5.74, 6) is 2.11. The highest BCUT2D eigenvalue weighted by molar-refractivity contribution is 5.79. The topological polar surface area (TPSA) is 41.6 Å². The van der Waals surface area contributed by atoms with Crippen LogP contribution in [0.15, 0.2) is 24.3 Å². The third-order valence-electron chi connectivity index (χ3n) is 5.01. The van der Waals surface area contributed by atoms with Crippen LogP contribution in [-0.4, -0.2) is 44.1 Å². The van der Waals surface area contributed by atoms with Gasteiger partial charge in [0.2, 0.25) is 5.91 Å². The number of hydrogen-bond acceptors (Lipinski definition) is 3. The van der Waals surface area contributed by atoms with E-state index in [-0.39, 0.29) is 11.8 Å². The van der Waals surface area contributed by atoms with E-state index in [0.717, 1.165) is 57.1 Å². The molecule has 1 aliphatic heterocycles. The first-order valence-corrected chi connectivity index (χ1v) is 8.87. The highest BCUT2D eigenvalue weighted by Gasteiger charge is 2.27. The van der Waals surface area contributed by atoms with Crippen LogP contribution < -0.4 is 10.1 Å². The van der Waals surface area contributed by atoms with Crippen LogP contribution in [0.3, 0.4) is 0 Å². The van der Waals surface area contributed by atoms with Crippen molar-refractivity contribution < 1.29 is 9.53 Å². The third kappa shape index (κ3) is 4.96. The second-order valence-corrected chi connectivity index (χ2v) is 6.93. The molecule has 0 aromatic heterocycles. The molecule has 1 aromatic carbocycles. The van der Waals surface area contributed by atoms with Gasteiger partial charge < -0.3 is 15.0 Å². The average Bonchev–Trinajstić information content (AvgIpc) is 3.43. The van der Waals surface area contributed by atoms with E-state index < -0.39 is 0 Å². The Morgan fingerprint density at radius 2 is 2.04 bits per heavy atom. The van der Waals surface area contributed by atoms with Crippen molar-refractivity contribution in [1.82, 2.24) is 10.2 Å². The van der Waals surface area contributed by atoms with Crippen LogP contribution in [0.1, 0.15) is 31.2 Å². The monoisotopic (exact) mass is 316 g/mol. The van der Waals surface area contributed by atoms with Crippen LogP contribution in [0.25, 0.3) is 0 Å². The Hall–Kier alpha value is -1.55. The van der Waals surface area contributed by atoms with Crippen molar-refractivity contribution in [2.45, 2.75) is 32.1 Å². The molecule has 4 heteroatoms. The molecule has 1 atom stereocenters. The maximum Gasteiger partial charge on any atom is 0.224 e. The average molecular weight is 316 g/mol. The van der Waals surface area contributed by atoms with E-state index in [2.05, 4.69) is 22.3 Å². The summed E-state index contributed by atoms with van der Waals surface area (Å²) in [6.07, 6.45) is 5.78. The zero-order valence-electron chi connectivity index (χ0n) is 14.1. The second kappa shape index (κ2) is 7.82. The quantitative estimate of drug-likeness (QED) is 0.840. The Morgan fingerprint density at radius 3 is 2.74 bits per heavy atom. The molecule has 1 amide bonds. The summed E-state index contributed by atoms with van der Waals surface area (Å²) in [7, 11) is 1.69. The van der Waals surface area contributed by atoms with Crippen molar-refractivity contribution in [3.63, 3.8) is 0 Å². The number of benzene rings is 1. The van der Waals surface area contributed by atoms with E-state index in [1.807, 2.05) is 12.1 Å². The molecule has 2 fully saturated rings. The number of nitrogens with one attached hydrogen (secondary N) is 1. The van der Waals surface area contributed by atoms with E-state index in [4.69, 9.17) is 4.74 Å². The van der Waals surface area contributed by atoms with Crippen molar-refractivity contribution in [1.29, 1.82) is 0 Å². The van der Waals surface area contributed by atoms with E-state index >= 15 is 0 Å². The SMILES string of the molecule is COc1ccc(CCN2CCCC(C(=O)NCC3CC3)C2)cc1. The zero-order valence-corrected chi connectivity index (χ0v) is 14.1. The van der Waals surface area contributed by atoms with Crippen LogP contribution >= 0.6 is 0 Å². The van der Waals surface area contributed by atoms with Gasteiger partial charge in [0, 0.05) is 19.6 Å². The minimum Gasteiger partial charge on any atom is -0.497 e. The number of methoxy groups -OCH3 is 1. The summed E-state index contributed by atoms with van der Waals surface area (Å²) in [6, 6.07) is 8.28. The second-order valence-electron chi connectivity index (χ2n) is 6.93. The first-order chi connectivity index (χ1) is 11.2. The third-order valence-corrected chi connectivity index (χ3v) is 5.01. The lowest BCUT2D eigenvalue weighted by molar-refractivity contribution is -0.126. The molecule has 3 rings (SSSR count). The lowest BCUT2D eigenvalue weighted by Gasteiger charge is -2.32. The van der Waals surface area contributed by atoms with Crippen molar-refractivity contribution >= 4 is 5.91 Å². The van der Waals surface area contributed by atoms with Gasteiger partial charge in [-0.05, 0) is 62.3 Å². The molecule has 1 unspecified atom stereocenters. The molecule has 1 saturated heterocycles. The fraction of sp³-hybridized carbons (Fsp3) is 0.632. The summed E-state index contributed by atoms with van der Waals surface area (Å²) < 4.78 is 5.19. The molecule has 1 aromatic rings. The van der Waals surface area contributed by atoms with Crippen molar-refractivity contribution in [3.05, 3.63) is 29.8 Å². The number of likely N-dealkylation sites (tertiary alicyclic amines) is 1. The number of carbonyl (C=O) groups excluding carboxylic acids is 1. The molecule has 1 heterocycles. The fourth-order valence-corrected chi connectivity index (χ4v) is 3.26. The van der Waals surface area contributed by atoms with Gasteiger partial charge in [-0.15, -0.1) is 0 Å². The van der Waals surface area contributed by atoms with Crippen molar-refractivity contribution in [2.24, 2.45) is 11.8 Å². The smallest absolute Gasteiger partial charge is 0.224 e. The van der Waals surface area contributed by atoms with E-state index in [1.54, 1.807) is 7.11 Å². The van der Waals surface area contributed by atoms with Gasteiger partial charge in [-0.3, -0.25) is 4.79 Å². The fourth-order valence-electron chi connectivity index (χ4n) is 3.26. The van der Waals surface area contributed by atoms with Crippen LogP contribution in [-0.2, 0) is 11.2 Å². The largest absolute Gasteiger partial charge is 0.497 e. The number of amides is 1. The van der Waals surface area contributed by atoms with Gasteiger partial charge in [0.1, 0.15) is 5.75 Å². The molecule has 0 bridgehead atoms. The lowest BCUT2D eigenvalue weighted by atomic mass is 9.96. The summed E-state index contributed by atoms with van der Waals surface area (Å²) >= 11 is 0. The number of nitrogens with zero attached hydrogens (tertiary/aromatic N) is 1. The molecule has 0 spiro atoms. The molecule has 0 radical (unpaired) electrons. The molecule has 23 heavy (non-hydrogen) atoms. The Kier molecular flexibility index (Phi) is 5.55. The highest BCUT2D eigenvalue weighted by atomic mass is 16.5. The van der Waals surface area contributed by atoms with Gasteiger partial charge in [-0.2, -0.15) is 0 Å². The molecular weight excluding hydrogens is 288 g/mol. The van der Waals surface area contributed by atoms with Gasteiger partial charge >= 0.3 is 0 Å². The maximum absolute atomic E-state index is 12.3. The Balaban J connectivity index is 1.42. The van der Waals surface area contributed by atoms with Gasteiger partial charge in [-0.1, -0.05) is 12.1 Å². The molecular formula is C19H28N2O2. The van der Waals surface area contributed by atoms with Crippen molar-refractivity contribution in [2.75, 3.05) is 33.3 Å². The molecule has 1 N–H and O–H groups in total. The van der Waals surface area contributed by atoms with Crippen molar-refractivity contribution in [3.8, 4) is 5.75 Å². The highest BCUT2D eigenvalue weighted by Crippen LogP contribution is 2.28. The summed E-state index contributed by atoms with van der Waals surface area (Å²) in [5, 5.41) is 3.14. The normalized spacial score (nSPS) is 21.9. The van der Waals surface area contributed by atoms with E-state index in [1.165, 1.54) is 18.4 Å². The zero-order chi connectivity index (χ0) is 16.1. The number of hydrogen-bond donors (Lipinski definition) is 1. The maximum atomic E-state index is 12.3. The molecule has 126 valence electrons.